The van der Waals surface area contributed by atoms with Crippen LogP contribution in [0.15, 0.2) is 24.3 Å². The van der Waals surface area contributed by atoms with E-state index in [1.807, 2.05) is 35.9 Å². The van der Waals surface area contributed by atoms with Gasteiger partial charge in [0.25, 0.3) is 0 Å². The normalized spacial score (nSPS) is 14.7. The standard InChI is InChI=1S/C25H37ClN4O3.ClH/c1-6-11-29-12-9-22(10-13-29)33-25(31)28(5)24-14-19(4)30(27-24)16-20-15-21(26)7-8-23(20)32-17-18(2)3;/h7-8,14-15,18,22H,6,9-13,16-17H2,1-5H3;1H. The maximum Gasteiger partial charge on any atom is 0.415 e. The first kappa shape index (κ1) is 28.3. The van der Waals surface area contributed by atoms with E-state index in [9.17, 15) is 4.79 Å². The largest absolute Gasteiger partial charge is 0.493 e. The lowest BCUT2D eigenvalue weighted by atomic mass is 10.1. The van der Waals surface area contributed by atoms with Gasteiger partial charge in [0.1, 0.15) is 11.9 Å². The van der Waals surface area contributed by atoms with Crippen molar-refractivity contribution in [2.45, 2.75) is 59.6 Å². The Balaban J connectivity index is 0.00000408. The van der Waals surface area contributed by atoms with Crippen molar-refractivity contribution in [1.82, 2.24) is 14.7 Å². The van der Waals surface area contributed by atoms with E-state index in [2.05, 4.69) is 30.8 Å². The van der Waals surface area contributed by atoms with Gasteiger partial charge in [0.2, 0.25) is 0 Å². The zero-order chi connectivity index (χ0) is 24.0. The van der Waals surface area contributed by atoms with E-state index < -0.39 is 0 Å². The molecule has 1 fully saturated rings. The number of amides is 1. The summed E-state index contributed by atoms with van der Waals surface area (Å²) < 4.78 is 13.6. The van der Waals surface area contributed by atoms with Crippen LogP contribution in [0.2, 0.25) is 5.02 Å². The first-order chi connectivity index (χ1) is 15.8. The van der Waals surface area contributed by atoms with Crippen LogP contribution in [0.4, 0.5) is 10.6 Å². The number of carbonyl (C=O) groups is 1. The number of halogens is 2. The van der Waals surface area contributed by atoms with Gasteiger partial charge in [-0.2, -0.15) is 5.10 Å². The molecule has 3 rings (SSSR count). The van der Waals surface area contributed by atoms with Gasteiger partial charge in [0.15, 0.2) is 5.82 Å². The number of benzene rings is 1. The minimum absolute atomic E-state index is 0. The van der Waals surface area contributed by atoms with Crippen molar-refractivity contribution in [3.63, 3.8) is 0 Å². The van der Waals surface area contributed by atoms with E-state index in [0.29, 0.717) is 29.9 Å². The number of hydrogen-bond donors (Lipinski definition) is 0. The van der Waals surface area contributed by atoms with Gasteiger partial charge in [0.05, 0.1) is 13.2 Å². The Bertz CT molecular complexity index is 927. The smallest absolute Gasteiger partial charge is 0.415 e. The monoisotopic (exact) mass is 512 g/mol. The van der Waals surface area contributed by atoms with E-state index in [1.54, 1.807) is 7.05 Å². The summed E-state index contributed by atoms with van der Waals surface area (Å²) in [7, 11) is 1.71. The lowest BCUT2D eigenvalue weighted by Gasteiger charge is -2.31. The highest BCUT2D eigenvalue weighted by molar-refractivity contribution is 6.30. The maximum atomic E-state index is 12.7. The van der Waals surface area contributed by atoms with Gasteiger partial charge >= 0.3 is 6.09 Å². The molecule has 0 unspecified atom stereocenters. The molecule has 0 bridgehead atoms. The number of ether oxygens (including phenoxy) is 2. The first-order valence-corrected chi connectivity index (χ1v) is 12.3. The molecule has 0 radical (unpaired) electrons. The van der Waals surface area contributed by atoms with Crippen LogP contribution in [0.5, 0.6) is 5.75 Å². The fraction of sp³-hybridized carbons (Fsp3) is 0.600. The van der Waals surface area contributed by atoms with Crippen LogP contribution in [0.1, 0.15) is 51.3 Å². The molecule has 0 atom stereocenters. The second-order valence-electron chi connectivity index (χ2n) is 9.24. The molecule has 1 aliphatic heterocycles. The van der Waals surface area contributed by atoms with E-state index in [1.165, 1.54) is 4.90 Å². The Hall–Kier alpha value is -1.96. The molecule has 0 saturated carbocycles. The molecule has 0 aliphatic carbocycles. The van der Waals surface area contributed by atoms with Crippen LogP contribution in [-0.2, 0) is 11.3 Å². The lowest BCUT2D eigenvalue weighted by molar-refractivity contribution is 0.0555. The van der Waals surface area contributed by atoms with Crippen LogP contribution >= 0.6 is 24.0 Å². The Kier molecular flexibility index (Phi) is 11.0. The molecule has 9 heteroatoms. The number of hydrogen-bond acceptors (Lipinski definition) is 5. The highest BCUT2D eigenvalue weighted by Gasteiger charge is 2.25. The molecular formula is C25H38Cl2N4O3. The third-order valence-electron chi connectivity index (χ3n) is 5.84. The Morgan fingerprint density at radius 2 is 1.97 bits per heavy atom. The van der Waals surface area contributed by atoms with Crippen LogP contribution in [0.25, 0.3) is 0 Å². The van der Waals surface area contributed by atoms with E-state index in [4.69, 9.17) is 21.1 Å². The van der Waals surface area contributed by atoms with Gasteiger partial charge in [-0.05, 0) is 56.8 Å². The summed E-state index contributed by atoms with van der Waals surface area (Å²) >= 11 is 6.24. The maximum absolute atomic E-state index is 12.7. The Morgan fingerprint density at radius 1 is 1.26 bits per heavy atom. The average molecular weight is 514 g/mol. The number of nitrogens with zero attached hydrogens (tertiary/aromatic N) is 4. The molecule has 34 heavy (non-hydrogen) atoms. The van der Waals surface area contributed by atoms with Crippen molar-refractivity contribution in [1.29, 1.82) is 0 Å². The molecule has 7 nitrogen and oxygen atoms in total. The summed E-state index contributed by atoms with van der Waals surface area (Å²) in [6.07, 6.45) is 2.50. The molecule has 1 saturated heterocycles. The Morgan fingerprint density at radius 3 is 2.62 bits per heavy atom. The number of anilines is 1. The SMILES string of the molecule is CCCN1CCC(OC(=O)N(C)c2cc(C)n(Cc3cc(Cl)ccc3OCC(C)C)n2)CC1.Cl. The number of carbonyl (C=O) groups excluding carboxylic acids is 1. The summed E-state index contributed by atoms with van der Waals surface area (Å²) in [4.78, 5) is 16.7. The molecule has 1 aliphatic rings. The van der Waals surface area contributed by atoms with Crippen LogP contribution in [-0.4, -0.2) is 60.2 Å². The third-order valence-corrected chi connectivity index (χ3v) is 6.08. The van der Waals surface area contributed by atoms with Gasteiger partial charge in [-0.1, -0.05) is 32.4 Å². The molecule has 0 N–H and O–H groups in total. The second-order valence-corrected chi connectivity index (χ2v) is 9.68. The highest BCUT2D eigenvalue weighted by Crippen LogP contribution is 2.26. The first-order valence-electron chi connectivity index (χ1n) is 11.9. The van der Waals surface area contributed by atoms with E-state index in [0.717, 1.165) is 55.9 Å². The summed E-state index contributed by atoms with van der Waals surface area (Å²) in [5.74, 6) is 1.78. The van der Waals surface area contributed by atoms with E-state index >= 15 is 0 Å². The van der Waals surface area contributed by atoms with Gasteiger partial charge in [-0.3, -0.25) is 9.58 Å². The molecule has 1 aromatic heterocycles. The molecule has 190 valence electrons. The minimum atomic E-state index is -0.364. The zero-order valence-corrected chi connectivity index (χ0v) is 22.5. The summed E-state index contributed by atoms with van der Waals surface area (Å²) in [6.45, 7) is 12.6. The number of rotatable bonds is 9. The van der Waals surface area contributed by atoms with Crippen molar-refractivity contribution >= 4 is 35.9 Å². The van der Waals surface area contributed by atoms with Crippen molar-refractivity contribution < 1.29 is 14.3 Å². The second kappa shape index (κ2) is 13.2. The fourth-order valence-corrected chi connectivity index (χ4v) is 4.12. The van der Waals surface area contributed by atoms with Crippen LogP contribution in [0, 0.1) is 12.8 Å². The number of likely N-dealkylation sites (tertiary alicyclic amines) is 1. The highest BCUT2D eigenvalue weighted by atomic mass is 35.5. The topological polar surface area (TPSA) is 59.8 Å². The van der Waals surface area contributed by atoms with Crippen molar-refractivity contribution in [3.8, 4) is 5.75 Å². The van der Waals surface area contributed by atoms with Crippen LogP contribution in [0.3, 0.4) is 0 Å². The van der Waals surface area contributed by atoms with E-state index in [-0.39, 0.29) is 24.6 Å². The molecule has 0 spiro atoms. The number of piperidine rings is 1. The fourth-order valence-electron chi connectivity index (χ4n) is 3.93. The van der Waals surface area contributed by atoms with Gasteiger partial charge in [-0.15, -0.1) is 12.4 Å². The summed E-state index contributed by atoms with van der Waals surface area (Å²) in [5, 5.41) is 5.31. The number of aromatic nitrogens is 2. The zero-order valence-electron chi connectivity index (χ0n) is 20.9. The predicted octanol–water partition coefficient (Wildman–Crippen LogP) is 5.80. The number of aryl methyl sites for hydroxylation is 1. The summed E-state index contributed by atoms with van der Waals surface area (Å²) in [6, 6.07) is 7.53. The molecular weight excluding hydrogens is 475 g/mol. The van der Waals surface area contributed by atoms with Crippen molar-refractivity contribution in [2.24, 2.45) is 5.92 Å². The Labute approximate surface area is 214 Å². The van der Waals surface area contributed by atoms with Gasteiger partial charge in [-0.25, -0.2) is 4.79 Å². The predicted molar refractivity (Wildman–Crippen MR) is 140 cm³/mol. The summed E-state index contributed by atoms with van der Waals surface area (Å²) in [5.41, 5.74) is 1.89. The van der Waals surface area contributed by atoms with Crippen molar-refractivity contribution in [2.75, 3.05) is 38.2 Å². The molecule has 1 amide bonds. The van der Waals surface area contributed by atoms with Crippen molar-refractivity contribution in [3.05, 3.63) is 40.5 Å². The van der Waals surface area contributed by atoms with Gasteiger partial charge in [0, 0.05) is 42.5 Å². The average Bonchev–Trinajstić information content (AvgIpc) is 3.14. The minimum Gasteiger partial charge on any atom is -0.493 e. The quantitative estimate of drug-likeness (QED) is 0.424. The lowest BCUT2D eigenvalue weighted by Crippen LogP contribution is -2.40. The van der Waals surface area contributed by atoms with Crippen LogP contribution < -0.4 is 9.64 Å². The molecule has 2 aromatic rings. The molecule has 1 aromatic carbocycles. The van der Waals surface area contributed by atoms with Gasteiger partial charge < -0.3 is 14.4 Å². The molecule has 2 heterocycles. The third kappa shape index (κ3) is 7.79.